The van der Waals surface area contributed by atoms with E-state index in [1.807, 2.05) is 6.07 Å². The Balaban J connectivity index is 1.84. The zero-order valence-corrected chi connectivity index (χ0v) is 20.9. The number of nitrogens with one attached hydrogen (secondary N) is 1. The van der Waals surface area contributed by atoms with Gasteiger partial charge >= 0.3 is 0 Å². The van der Waals surface area contributed by atoms with Crippen LogP contribution in [0.3, 0.4) is 0 Å². The highest BCUT2D eigenvalue weighted by Gasteiger charge is 2.28. The number of benzene rings is 3. The van der Waals surface area contributed by atoms with Crippen LogP contribution in [0.2, 0.25) is 0 Å². The minimum absolute atomic E-state index is 0.0503. The molecule has 36 heavy (non-hydrogen) atoms. The molecule has 10 nitrogen and oxygen atoms in total. The number of aromatic hydroxyl groups is 1. The monoisotopic (exact) mass is 513 g/mol. The number of carbonyl (C=O) groups is 1. The third kappa shape index (κ3) is 6.32. The SMILES string of the molecule is COc1ccc(S(=O)(=O)N(CC(=O)N/N=C\c2cccc(OC)c2O)Cc2ccccc2)cc1OC. The number of sulfonamides is 1. The lowest BCUT2D eigenvalue weighted by Crippen LogP contribution is -2.39. The molecule has 0 spiro atoms. The quantitative estimate of drug-likeness (QED) is 0.298. The molecule has 2 N–H and O–H groups in total. The third-order valence-electron chi connectivity index (χ3n) is 5.16. The van der Waals surface area contributed by atoms with Crippen LogP contribution in [-0.4, -0.2) is 57.8 Å². The number of para-hydroxylation sites is 1. The largest absolute Gasteiger partial charge is 0.504 e. The van der Waals surface area contributed by atoms with Crippen LogP contribution in [0.4, 0.5) is 0 Å². The summed E-state index contributed by atoms with van der Waals surface area (Å²) in [7, 11) is 0.151. The molecular weight excluding hydrogens is 486 g/mol. The highest BCUT2D eigenvalue weighted by Crippen LogP contribution is 2.31. The highest BCUT2D eigenvalue weighted by atomic mass is 32.2. The molecule has 0 aliphatic carbocycles. The minimum Gasteiger partial charge on any atom is -0.504 e. The summed E-state index contributed by atoms with van der Waals surface area (Å²) in [4.78, 5) is 12.6. The molecule has 11 heteroatoms. The van der Waals surface area contributed by atoms with Gasteiger partial charge in [-0.2, -0.15) is 9.41 Å². The maximum Gasteiger partial charge on any atom is 0.255 e. The van der Waals surface area contributed by atoms with Crippen LogP contribution >= 0.6 is 0 Å². The zero-order chi connectivity index (χ0) is 26.1. The summed E-state index contributed by atoms with van der Waals surface area (Å²) in [5.41, 5.74) is 3.31. The molecule has 0 atom stereocenters. The molecule has 3 aromatic carbocycles. The van der Waals surface area contributed by atoms with Crippen LogP contribution in [0.15, 0.2) is 76.7 Å². The van der Waals surface area contributed by atoms with Gasteiger partial charge in [0.15, 0.2) is 23.0 Å². The zero-order valence-electron chi connectivity index (χ0n) is 20.0. The number of phenols is 1. The molecule has 3 rings (SSSR count). The van der Waals surface area contributed by atoms with Gasteiger partial charge in [-0.15, -0.1) is 0 Å². The Morgan fingerprint density at radius 1 is 0.944 bits per heavy atom. The maximum absolute atomic E-state index is 13.5. The van der Waals surface area contributed by atoms with Crippen LogP contribution in [-0.2, 0) is 21.4 Å². The lowest BCUT2D eigenvalue weighted by molar-refractivity contribution is -0.121. The first kappa shape index (κ1) is 26.5. The predicted molar refractivity (Wildman–Crippen MR) is 134 cm³/mol. The number of rotatable bonds is 11. The average molecular weight is 514 g/mol. The van der Waals surface area contributed by atoms with Crippen LogP contribution < -0.4 is 19.6 Å². The lowest BCUT2D eigenvalue weighted by Gasteiger charge is -2.22. The van der Waals surface area contributed by atoms with E-state index in [9.17, 15) is 18.3 Å². The fraction of sp³-hybridized carbons (Fsp3) is 0.200. The third-order valence-corrected chi connectivity index (χ3v) is 6.95. The molecule has 1 amide bonds. The van der Waals surface area contributed by atoms with Gasteiger partial charge in [0, 0.05) is 18.2 Å². The van der Waals surface area contributed by atoms with Gasteiger partial charge in [-0.25, -0.2) is 13.8 Å². The molecule has 0 aromatic heterocycles. The molecule has 0 saturated heterocycles. The van der Waals surface area contributed by atoms with E-state index in [-0.39, 0.29) is 28.7 Å². The van der Waals surface area contributed by atoms with E-state index in [0.29, 0.717) is 16.9 Å². The Hall–Kier alpha value is -4.09. The normalized spacial score (nSPS) is 11.4. The van der Waals surface area contributed by atoms with Crippen molar-refractivity contribution in [3.63, 3.8) is 0 Å². The average Bonchev–Trinajstić information content (AvgIpc) is 2.89. The molecule has 3 aromatic rings. The molecule has 0 radical (unpaired) electrons. The fourth-order valence-electron chi connectivity index (χ4n) is 3.32. The number of hydrogen-bond acceptors (Lipinski definition) is 8. The van der Waals surface area contributed by atoms with Crippen molar-refractivity contribution in [3.8, 4) is 23.0 Å². The van der Waals surface area contributed by atoms with Crippen LogP contribution in [0, 0.1) is 0 Å². The Bertz CT molecular complexity index is 1330. The van der Waals surface area contributed by atoms with Crippen molar-refractivity contribution in [2.24, 2.45) is 5.10 Å². The van der Waals surface area contributed by atoms with Crippen molar-refractivity contribution >= 4 is 22.1 Å². The van der Waals surface area contributed by atoms with Crippen LogP contribution in [0.1, 0.15) is 11.1 Å². The van der Waals surface area contributed by atoms with Crippen molar-refractivity contribution in [1.29, 1.82) is 0 Å². The van der Waals surface area contributed by atoms with Crippen molar-refractivity contribution < 1.29 is 32.5 Å². The summed E-state index contributed by atoms with van der Waals surface area (Å²) in [5.74, 6) is 0.0537. The fourth-order valence-corrected chi connectivity index (χ4v) is 4.72. The molecule has 0 aliphatic rings. The molecule has 190 valence electrons. The maximum atomic E-state index is 13.5. The van der Waals surface area contributed by atoms with E-state index in [0.717, 1.165) is 4.31 Å². The van der Waals surface area contributed by atoms with Gasteiger partial charge in [0.2, 0.25) is 10.0 Å². The van der Waals surface area contributed by atoms with Gasteiger partial charge in [-0.05, 0) is 29.8 Å². The second kappa shape index (κ2) is 12.0. The summed E-state index contributed by atoms with van der Waals surface area (Å²) in [6.07, 6.45) is 1.24. The second-order valence-corrected chi connectivity index (χ2v) is 9.40. The summed E-state index contributed by atoms with van der Waals surface area (Å²) in [6, 6.07) is 17.9. The topological polar surface area (TPSA) is 127 Å². The first-order valence-corrected chi connectivity index (χ1v) is 12.2. The summed E-state index contributed by atoms with van der Waals surface area (Å²) in [6.45, 7) is -0.557. The van der Waals surface area contributed by atoms with Gasteiger partial charge in [0.05, 0.1) is 39.0 Å². The van der Waals surface area contributed by atoms with Gasteiger partial charge in [0.1, 0.15) is 0 Å². The van der Waals surface area contributed by atoms with E-state index in [4.69, 9.17) is 14.2 Å². The number of ether oxygens (including phenoxy) is 3. The van der Waals surface area contributed by atoms with Gasteiger partial charge in [-0.3, -0.25) is 4.79 Å². The van der Waals surface area contributed by atoms with Crippen LogP contribution in [0.25, 0.3) is 0 Å². The molecule has 0 bridgehead atoms. The van der Waals surface area contributed by atoms with Crippen molar-refractivity contribution in [1.82, 2.24) is 9.73 Å². The van der Waals surface area contributed by atoms with Crippen molar-refractivity contribution in [2.45, 2.75) is 11.4 Å². The summed E-state index contributed by atoms with van der Waals surface area (Å²) >= 11 is 0. The van der Waals surface area contributed by atoms with E-state index in [1.54, 1.807) is 42.5 Å². The van der Waals surface area contributed by atoms with Crippen LogP contribution in [0.5, 0.6) is 23.0 Å². The second-order valence-electron chi connectivity index (χ2n) is 7.47. The van der Waals surface area contributed by atoms with Gasteiger partial charge < -0.3 is 19.3 Å². The molecule has 0 saturated carbocycles. The van der Waals surface area contributed by atoms with E-state index in [1.165, 1.54) is 45.7 Å². The number of hydrazone groups is 1. The minimum atomic E-state index is -4.12. The standard InChI is InChI=1S/C25H27N3O7S/c1-33-21-13-12-20(14-23(21)35-3)36(31,32)28(16-18-8-5-4-6-9-18)17-24(29)27-26-15-19-10-7-11-22(34-2)25(19)30/h4-15,30H,16-17H2,1-3H3,(H,27,29)/b26-15-. The lowest BCUT2D eigenvalue weighted by atomic mass is 10.2. The molecular formula is C25H27N3O7S. The number of carbonyl (C=O) groups excluding carboxylic acids is 1. The predicted octanol–water partition coefficient (Wildman–Crippen LogP) is 2.76. The number of amides is 1. The Kier molecular flexibility index (Phi) is 8.87. The first-order chi connectivity index (χ1) is 17.3. The number of hydrogen-bond donors (Lipinski definition) is 2. The number of phenolic OH excluding ortho intramolecular Hbond substituents is 1. The van der Waals surface area contributed by atoms with Gasteiger partial charge in [0.25, 0.3) is 5.91 Å². The molecule has 0 aliphatic heterocycles. The molecule has 0 unspecified atom stereocenters. The smallest absolute Gasteiger partial charge is 0.255 e. The Labute approximate surface area is 209 Å². The van der Waals surface area contributed by atoms with E-state index >= 15 is 0 Å². The Morgan fingerprint density at radius 2 is 1.64 bits per heavy atom. The number of nitrogens with zero attached hydrogens (tertiary/aromatic N) is 2. The summed E-state index contributed by atoms with van der Waals surface area (Å²) in [5, 5.41) is 14.0. The molecule has 0 heterocycles. The Morgan fingerprint density at radius 3 is 2.31 bits per heavy atom. The molecule has 0 fully saturated rings. The van der Waals surface area contributed by atoms with Gasteiger partial charge in [-0.1, -0.05) is 36.4 Å². The van der Waals surface area contributed by atoms with Crippen molar-refractivity contribution in [2.75, 3.05) is 27.9 Å². The highest BCUT2D eigenvalue weighted by molar-refractivity contribution is 7.89. The summed E-state index contributed by atoms with van der Waals surface area (Å²) < 4.78 is 43.5. The number of methoxy groups -OCH3 is 3. The first-order valence-electron chi connectivity index (χ1n) is 10.7. The van der Waals surface area contributed by atoms with Crippen molar-refractivity contribution in [3.05, 3.63) is 77.9 Å². The van der Waals surface area contributed by atoms with E-state index in [2.05, 4.69) is 10.5 Å². The van der Waals surface area contributed by atoms with E-state index < -0.39 is 22.5 Å².